The molecule has 4 nitrogen and oxygen atoms in total. The van der Waals surface area contributed by atoms with Crippen molar-refractivity contribution in [2.24, 2.45) is 11.8 Å². The highest BCUT2D eigenvalue weighted by Crippen LogP contribution is 2.39. The Morgan fingerprint density at radius 3 is 2.50 bits per heavy atom. The number of aromatic nitrogens is 2. The Bertz CT molecular complexity index is 394. The zero-order valence-electron chi connectivity index (χ0n) is 9.63. The second-order valence-electron chi connectivity index (χ2n) is 4.57. The summed E-state index contributed by atoms with van der Waals surface area (Å²) in [5, 5.41) is 8.86. The lowest BCUT2D eigenvalue weighted by Crippen LogP contribution is -2.32. The zero-order chi connectivity index (χ0) is 13.2. The maximum Gasteiger partial charge on any atom is 0.391 e. The van der Waals surface area contributed by atoms with Crippen LogP contribution in [0.5, 0.6) is 0 Å². The van der Waals surface area contributed by atoms with Crippen LogP contribution in [-0.4, -0.2) is 22.3 Å². The van der Waals surface area contributed by atoms with Gasteiger partial charge in [0.25, 0.3) is 0 Å². The summed E-state index contributed by atoms with van der Waals surface area (Å²) in [5.74, 6) is -1.81. The van der Waals surface area contributed by atoms with E-state index in [1.807, 2.05) is 0 Å². The van der Waals surface area contributed by atoms with Crippen LogP contribution in [0.15, 0.2) is 12.4 Å². The van der Waals surface area contributed by atoms with Crippen LogP contribution in [-0.2, 0) is 4.79 Å². The molecule has 1 saturated carbocycles. The number of rotatable bonds is 2. The fourth-order valence-corrected chi connectivity index (χ4v) is 2.25. The highest BCUT2D eigenvalue weighted by molar-refractivity contribution is 5.92. The molecule has 2 N–H and O–H groups in total. The minimum atomic E-state index is -4.13. The number of carbonyl (C=O) groups excluding carboxylic acids is 1. The topological polar surface area (TPSA) is 57.8 Å². The molecule has 2 rings (SSSR count). The second-order valence-corrected chi connectivity index (χ2v) is 4.57. The standard InChI is InChI=1S/C11H14F3N3O/c12-11(13,14)8-3-1-7(2-4-8)10(18)17-9-5-15-16-6-9/h5-8H,1-4H2,(H,15,16)(H,17,18). The van der Waals surface area contributed by atoms with Crippen LogP contribution in [0.3, 0.4) is 0 Å². The molecular weight excluding hydrogens is 247 g/mol. The molecule has 0 aliphatic heterocycles. The average molecular weight is 261 g/mol. The molecule has 0 saturated heterocycles. The Labute approximate surface area is 102 Å². The second kappa shape index (κ2) is 4.99. The predicted octanol–water partition coefficient (Wildman–Crippen LogP) is 2.72. The van der Waals surface area contributed by atoms with Crippen LogP contribution in [0.4, 0.5) is 18.9 Å². The van der Waals surface area contributed by atoms with Crippen LogP contribution in [0.2, 0.25) is 0 Å². The first-order chi connectivity index (χ1) is 8.47. The summed E-state index contributed by atoms with van der Waals surface area (Å²) >= 11 is 0. The maximum atomic E-state index is 12.5. The number of halogens is 3. The summed E-state index contributed by atoms with van der Waals surface area (Å²) in [4.78, 5) is 11.8. The summed E-state index contributed by atoms with van der Waals surface area (Å²) < 4.78 is 37.4. The van der Waals surface area contributed by atoms with E-state index in [4.69, 9.17) is 0 Å². The van der Waals surface area contributed by atoms with Gasteiger partial charge >= 0.3 is 6.18 Å². The molecule has 1 aromatic heterocycles. The van der Waals surface area contributed by atoms with Crippen LogP contribution >= 0.6 is 0 Å². The van der Waals surface area contributed by atoms with Crippen molar-refractivity contribution in [3.63, 3.8) is 0 Å². The van der Waals surface area contributed by atoms with Gasteiger partial charge in [-0.05, 0) is 25.7 Å². The Morgan fingerprint density at radius 2 is 2.00 bits per heavy atom. The van der Waals surface area contributed by atoms with Gasteiger partial charge in [0.2, 0.25) is 5.91 Å². The third-order valence-electron chi connectivity index (χ3n) is 3.33. The third-order valence-corrected chi connectivity index (χ3v) is 3.33. The van der Waals surface area contributed by atoms with E-state index < -0.39 is 12.1 Å². The van der Waals surface area contributed by atoms with E-state index >= 15 is 0 Å². The molecule has 1 aliphatic rings. The molecule has 1 fully saturated rings. The molecule has 100 valence electrons. The lowest BCUT2D eigenvalue weighted by atomic mass is 9.81. The van der Waals surface area contributed by atoms with Crippen molar-refractivity contribution in [2.45, 2.75) is 31.9 Å². The number of anilines is 1. The average Bonchev–Trinajstić information content (AvgIpc) is 2.81. The quantitative estimate of drug-likeness (QED) is 0.860. The first kappa shape index (κ1) is 12.9. The summed E-state index contributed by atoms with van der Waals surface area (Å²) in [6.07, 6.45) is -0.508. The highest BCUT2D eigenvalue weighted by Gasteiger charge is 2.42. The van der Waals surface area contributed by atoms with Crippen molar-refractivity contribution in [3.8, 4) is 0 Å². The lowest BCUT2D eigenvalue weighted by Gasteiger charge is -2.28. The number of nitrogens with zero attached hydrogens (tertiary/aromatic N) is 1. The lowest BCUT2D eigenvalue weighted by molar-refractivity contribution is -0.184. The van der Waals surface area contributed by atoms with Gasteiger partial charge in [-0.25, -0.2) is 0 Å². The zero-order valence-corrected chi connectivity index (χ0v) is 9.63. The molecule has 0 unspecified atom stereocenters. The molecule has 0 aromatic carbocycles. The molecule has 7 heteroatoms. The predicted molar refractivity (Wildman–Crippen MR) is 58.7 cm³/mol. The van der Waals surface area contributed by atoms with E-state index in [0.29, 0.717) is 5.69 Å². The molecular formula is C11H14F3N3O. The van der Waals surface area contributed by atoms with Crippen LogP contribution in [0.25, 0.3) is 0 Å². The first-order valence-corrected chi connectivity index (χ1v) is 5.83. The van der Waals surface area contributed by atoms with Gasteiger partial charge in [-0.3, -0.25) is 9.89 Å². The largest absolute Gasteiger partial charge is 0.391 e. The van der Waals surface area contributed by atoms with E-state index in [1.165, 1.54) is 12.4 Å². The first-order valence-electron chi connectivity index (χ1n) is 5.83. The van der Waals surface area contributed by atoms with Crippen molar-refractivity contribution >= 4 is 11.6 Å². The summed E-state index contributed by atoms with van der Waals surface area (Å²) in [5.41, 5.74) is 0.540. The monoisotopic (exact) mass is 261 g/mol. The molecule has 1 heterocycles. The van der Waals surface area contributed by atoms with E-state index in [0.717, 1.165) is 0 Å². The van der Waals surface area contributed by atoms with Gasteiger partial charge in [0.15, 0.2) is 0 Å². The van der Waals surface area contributed by atoms with Crippen molar-refractivity contribution in [3.05, 3.63) is 12.4 Å². The Morgan fingerprint density at radius 1 is 1.33 bits per heavy atom. The fraction of sp³-hybridized carbons (Fsp3) is 0.636. The number of carbonyl (C=O) groups is 1. The van der Waals surface area contributed by atoms with Gasteiger partial charge in [-0.2, -0.15) is 18.3 Å². The molecule has 0 atom stereocenters. The van der Waals surface area contributed by atoms with Crippen molar-refractivity contribution < 1.29 is 18.0 Å². The fourth-order valence-electron chi connectivity index (χ4n) is 2.25. The molecule has 0 spiro atoms. The van der Waals surface area contributed by atoms with Gasteiger partial charge in [0, 0.05) is 12.1 Å². The van der Waals surface area contributed by atoms with Gasteiger partial charge < -0.3 is 5.32 Å². The van der Waals surface area contributed by atoms with Gasteiger partial charge in [0.1, 0.15) is 0 Å². The van der Waals surface area contributed by atoms with E-state index in [9.17, 15) is 18.0 Å². The molecule has 1 aliphatic carbocycles. The SMILES string of the molecule is O=C(Nc1cn[nH]c1)C1CCC(C(F)(F)F)CC1. The minimum absolute atomic E-state index is 0.0347. The number of hydrogen-bond donors (Lipinski definition) is 2. The van der Waals surface area contributed by atoms with E-state index in [2.05, 4.69) is 15.5 Å². The Kier molecular flexibility index (Phi) is 3.58. The molecule has 1 aromatic rings. The van der Waals surface area contributed by atoms with Crippen LogP contribution < -0.4 is 5.32 Å². The molecule has 1 amide bonds. The highest BCUT2D eigenvalue weighted by atomic mass is 19.4. The summed E-state index contributed by atoms with van der Waals surface area (Å²) in [6, 6.07) is 0. The Hall–Kier alpha value is -1.53. The normalized spacial score (nSPS) is 24.8. The maximum absolute atomic E-state index is 12.5. The third kappa shape index (κ3) is 3.02. The summed E-state index contributed by atoms with van der Waals surface area (Å²) in [6.45, 7) is 0. The number of nitrogens with one attached hydrogen (secondary N) is 2. The smallest absolute Gasteiger partial charge is 0.323 e. The number of hydrogen-bond acceptors (Lipinski definition) is 2. The molecule has 18 heavy (non-hydrogen) atoms. The number of alkyl halides is 3. The van der Waals surface area contributed by atoms with E-state index in [-0.39, 0.29) is 37.5 Å². The van der Waals surface area contributed by atoms with Gasteiger partial charge in [-0.1, -0.05) is 0 Å². The Balaban J connectivity index is 1.84. The van der Waals surface area contributed by atoms with Crippen LogP contribution in [0, 0.1) is 11.8 Å². The van der Waals surface area contributed by atoms with Crippen molar-refractivity contribution in [1.29, 1.82) is 0 Å². The number of H-pyrrole nitrogens is 1. The number of amides is 1. The van der Waals surface area contributed by atoms with Gasteiger partial charge in [0.05, 0.1) is 17.8 Å². The minimum Gasteiger partial charge on any atom is -0.323 e. The van der Waals surface area contributed by atoms with Crippen LogP contribution in [0.1, 0.15) is 25.7 Å². The van der Waals surface area contributed by atoms with E-state index in [1.54, 1.807) is 0 Å². The molecule has 0 radical (unpaired) electrons. The van der Waals surface area contributed by atoms with Crippen molar-refractivity contribution in [1.82, 2.24) is 10.2 Å². The molecule has 0 bridgehead atoms. The summed E-state index contributed by atoms with van der Waals surface area (Å²) in [7, 11) is 0. The number of aromatic amines is 1. The van der Waals surface area contributed by atoms with Crippen molar-refractivity contribution in [2.75, 3.05) is 5.32 Å². The van der Waals surface area contributed by atoms with Gasteiger partial charge in [-0.15, -0.1) is 0 Å².